The van der Waals surface area contributed by atoms with E-state index in [-0.39, 0.29) is 6.04 Å². The number of hydrogen-bond donors (Lipinski definition) is 1. The van der Waals surface area contributed by atoms with Crippen molar-refractivity contribution in [1.82, 2.24) is 0 Å². The molecule has 1 atom stereocenters. The number of nitrogens with two attached hydrogens (primary N) is 1. The van der Waals surface area contributed by atoms with Gasteiger partial charge in [0.25, 0.3) is 0 Å². The highest BCUT2D eigenvalue weighted by molar-refractivity contribution is 5.42. The summed E-state index contributed by atoms with van der Waals surface area (Å²) in [5, 5.41) is 0. The monoisotopic (exact) mass is 221 g/mol. The first-order valence-corrected chi connectivity index (χ1v) is 5.31. The van der Waals surface area contributed by atoms with E-state index in [1.807, 2.05) is 24.3 Å². The van der Waals surface area contributed by atoms with Crippen molar-refractivity contribution in [3.05, 3.63) is 36.4 Å². The normalized spacial score (nSPS) is 11.9. The molecule has 0 unspecified atom stereocenters. The summed E-state index contributed by atoms with van der Waals surface area (Å²) < 4.78 is 10.5. The highest BCUT2D eigenvalue weighted by Gasteiger charge is 2.12. The zero-order valence-corrected chi connectivity index (χ0v) is 9.90. The molecule has 0 heterocycles. The molecule has 16 heavy (non-hydrogen) atoms. The Bertz CT molecular complexity index is 350. The Balaban J connectivity index is 2.93. The highest BCUT2D eigenvalue weighted by Crippen LogP contribution is 2.30. The van der Waals surface area contributed by atoms with E-state index < -0.39 is 0 Å². The van der Waals surface area contributed by atoms with Crippen molar-refractivity contribution >= 4 is 0 Å². The number of benzene rings is 1. The average molecular weight is 221 g/mol. The Morgan fingerprint density at radius 1 is 1.38 bits per heavy atom. The summed E-state index contributed by atoms with van der Waals surface area (Å²) in [5.41, 5.74) is 7.07. The van der Waals surface area contributed by atoms with Gasteiger partial charge in [-0.05, 0) is 31.0 Å². The molecule has 1 rings (SSSR count). The maximum Gasteiger partial charge on any atom is 0.123 e. The third-order valence-corrected chi connectivity index (χ3v) is 2.52. The van der Waals surface area contributed by atoms with Crippen LogP contribution in [0.2, 0.25) is 0 Å². The quantitative estimate of drug-likeness (QED) is 0.751. The molecular weight excluding hydrogens is 202 g/mol. The lowest BCUT2D eigenvalue weighted by Gasteiger charge is -2.16. The molecule has 0 aliphatic carbocycles. The van der Waals surface area contributed by atoms with Crippen LogP contribution in [0.4, 0.5) is 0 Å². The second kappa shape index (κ2) is 6.18. The van der Waals surface area contributed by atoms with Gasteiger partial charge in [0, 0.05) is 11.6 Å². The number of allylic oxidation sites excluding steroid dienone is 1. The summed E-state index contributed by atoms with van der Waals surface area (Å²) in [6, 6.07) is 5.61. The molecule has 0 saturated heterocycles. The lowest BCUT2D eigenvalue weighted by atomic mass is 10.0. The molecule has 0 amide bonds. The number of rotatable bonds is 6. The van der Waals surface area contributed by atoms with Crippen molar-refractivity contribution in [2.45, 2.75) is 18.9 Å². The minimum Gasteiger partial charge on any atom is -0.497 e. The van der Waals surface area contributed by atoms with Crippen LogP contribution >= 0.6 is 0 Å². The first kappa shape index (κ1) is 12.6. The maximum atomic E-state index is 6.10. The van der Waals surface area contributed by atoms with Crippen LogP contribution in [-0.2, 0) is 0 Å². The Morgan fingerprint density at radius 2 is 2.12 bits per heavy atom. The summed E-state index contributed by atoms with van der Waals surface area (Å²) in [6.45, 7) is 3.69. The molecule has 0 aromatic heterocycles. The van der Waals surface area contributed by atoms with Crippen LogP contribution in [0.3, 0.4) is 0 Å². The van der Waals surface area contributed by atoms with E-state index in [1.54, 1.807) is 14.2 Å². The zero-order chi connectivity index (χ0) is 12.0. The Kier molecular flexibility index (Phi) is 4.86. The molecule has 0 saturated carbocycles. The van der Waals surface area contributed by atoms with E-state index in [4.69, 9.17) is 15.2 Å². The van der Waals surface area contributed by atoms with E-state index in [2.05, 4.69) is 6.58 Å². The summed E-state index contributed by atoms with van der Waals surface area (Å²) in [6.07, 6.45) is 3.61. The molecule has 1 aromatic carbocycles. The van der Waals surface area contributed by atoms with Crippen LogP contribution in [0.5, 0.6) is 11.5 Å². The van der Waals surface area contributed by atoms with Crippen molar-refractivity contribution in [2.24, 2.45) is 5.73 Å². The Morgan fingerprint density at radius 3 is 2.69 bits per heavy atom. The fraction of sp³-hybridized carbons (Fsp3) is 0.385. The van der Waals surface area contributed by atoms with Gasteiger partial charge >= 0.3 is 0 Å². The third-order valence-electron chi connectivity index (χ3n) is 2.52. The van der Waals surface area contributed by atoms with Gasteiger partial charge in [0.15, 0.2) is 0 Å². The molecule has 2 N–H and O–H groups in total. The van der Waals surface area contributed by atoms with Gasteiger partial charge in [-0.3, -0.25) is 0 Å². The van der Waals surface area contributed by atoms with E-state index in [0.29, 0.717) is 0 Å². The fourth-order valence-corrected chi connectivity index (χ4v) is 1.58. The average Bonchev–Trinajstić information content (AvgIpc) is 2.35. The van der Waals surface area contributed by atoms with E-state index in [0.717, 1.165) is 29.9 Å². The first-order valence-electron chi connectivity index (χ1n) is 5.31. The highest BCUT2D eigenvalue weighted by atomic mass is 16.5. The molecule has 0 aliphatic heterocycles. The minimum absolute atomic E-state index is 0.0527. The summed E-state index contributed by atoms with van der Waals surface area (Å²) >= 11 is 0. The van der Waals surface area contributed by atoms with Crippen LogP contribution in [0.1, 0.15) is 24.4 Å². The van der Waals surface area contributed by atoms with Crippen molar-refractivity contribution < 1.29 is 9.47 Å². The van der Waals surface area contributed by atoms with Crippen LogP contribution in [0, 0.1) is 0 Å². The van der Waals surface area contributed by atoms with Gasteiger partial charge < -0.3 is 15.2 Å². The molecule has 3 nitrogen and oxygen atoms in total. The predicted octanol–water partition coefficient (Wildman–Crippen LogP) is 2.67. The fourth-order valence-electron chi connectivity index (χ4n) is 1.58. The molecule has 0 spiro atoms. The molecule has 0 bridgehead atoms. The van der Waals surface area contributed by atoms with Gasteiger partial charge in [-0.1, -0.05) is 6.08 Å². The number of hydrogen-bond acceptors (Lipinski definition) is 3. The number of methoxy groups -OCH3 is 2. The zero-order valence-electron chi connectivity index (χ0n) is 9.90. The minimum atomic E-state index is -0.0527. The molecule has 0 fully saturated rings. The summed E-state index contributed by atoms with van der Waals surface area (Å²) in [5.74, 6) is 1.60. The van der Waals surface area contributed by atoms with Gasteiger partial charge in [-0.15, -0.1) is 6.58 Å². The smallest absolute Gasteiger partial charge is 0.123 e. The molecule has 88 valence electrons. The lowest BCUT2D eigenvalue weighted by molar-refractivity contribution is 0.394. The molecule has 0 radical (unpaired) electrons. The third kappa shape index (κ3) is 3.00. The van der Waals surface area contributed by atoms with Gasteiger partial charge in [0.1, 0.15) is 11.5 Å². The van der Waals surface area contributed by atoms with Gasteiger partial charge in [0.2, 0.25) is 0 Å². The van der Waals surface area contributed by atoms with Crippen LogP contribution in [0.15, 0.2) is 30.9 Å². The molecule has 1 aromatic rings. The predicted molar refractivity (Wildman–Crippen MR) is 65.9 cm³/mol. The SMILES string of the molecule is C=CCC[C@@H](N)c1cc(OC)ccc1OC. The lowest BCUT2D eigenvalue weighted by Crippen LogP contribution is -2.11. The maximum absolute atomic E-state index is 6.10. The van der Waals surface area contributed by atoms with Crippen molar-refractivity contribution in [1.29, 1.82) is 0 Å². The second-order valence-electron chi connectivity index (χ2n) is 3.58. The van der Waals surface area contributed by atoms with Gasteiger partial charge in [-0.2, -0.15) is 0 Å². The Hall–Kier alpha value is -1.48. The first-order chi connectivity index (χ1) is 7.72. The molecule has 3 heteroatoms. The second-order valence-corrected chi connectivity index (χ2v) is 3.58. The molecular formula is C13H19NO2. The standard InChI is InChI=1S/C13H19NO2/c1-4-5-6-12(14)11-9-10(15-2)7-8-13(11)16-3/h4,7-9,12H,1,5-6,14H2,2-3H3/t12-/m1/s1. The van der Waals surface area contributed by atoms with Crippen LogP contribution < -0.4 is 15.2 Å². The van der Waals surface area contributed by atoms with Crippen molar-refractivity contribution in [3.63, 3.8) is 0 Å². The largest absolute Gasteiger partial charge is 0.497 e. The van der Waals surface area contributed by atoms with Crippen molar-refractivity contribution in [2.75, 3.05) is 14.2 Å². The van der Waals surface area contributed by atoms with Crippen LogP contribution in [0.25, 0.3) is 0 Å². The van der Waals surface area contributed by atoms with Gasteiger partial charge in [-0.25, -0.2) is 0 Å². The topological polar surface area (TPSA) is 44.5 Å². The van der Waals surface area contributed by atoms with Gasteiger partial charge in [0.05, 0.1) is 14.2 Å². The summed E-state index contributed by atoms with van der Waals surface area (Å²) in [4.78, 5) is 0. The van der Waals surface area contributed by atoms with E-state index in [1.165, 1.54) is 0 Å². The summed E-state index contributed by atoms with van der Waals surface area (Å²) in [7, 11) is 3.28. The molecule has 0 aliphatic rings. The Labute approximate surface area is 96.9 Å². The van der Waals surface area contributed by atoms with Crippen LogP contribution in [-0.4, -0.2) is 14.2 Å². The number of ether oxygens (including phenoxy) is 2. The van der Waals surface area contributed by atoms with E-state index in [9.17, 15) is 0 Å². The van der Waals surface area contributed by atoms with Crippen molar-refractivity contribution in [3.8, 4) is 11.5 Å². The van der Waals surface area contributed by atoms with E-state index >= 15 is 0 Å².